The normalized spacial score (nSPS) is 11.2. The third-order valence-corrected chi connectivity index (χ3v) is 2.23. The van der Waals surface area contributed by atoms with Crippen molar-refractivity contribution in [1.29, 1.82) is 0 Å². The van der Waals surface area contributed by atoms with Crippen molar-refractivity contribution in [2.24, 2.45) is 11.1 Å². The van der Waals surface area contributed by atoms with Gasteiger partial charge in [0.1, 0.15) is 0 Å². The molecule has 0 heterocycles. The summed E-state index contributed by atoms with van der Waals surface area (Å²) in [5, 5.41) is 2.91. The Morgan fingerprint density at radius 2 is 1.81 bits per heavy atom. The van der Waals surface area contributed by atoms with E-state index >= 15 is 0 Å². The number of carbonyl (C=O) groups excluding carboxylic acids is 1. The van der Waals surface area contributed by atoms with Gasteiger partial charge in [0.2, 0.25) is 0 Å². The lowest BCUT2D eigenvalue weighted by Crippen LogP contribution is -2.32. The van der Waals surface area contributed by atoms with Crippen LogP contribution in [0.1, 0.15) is 36.7 Å². The molecular formula is C13H20N2O. The second-order valence-electron chi connectivity index (χ2n) is 5.14. The van der Waals surface area contributed by atoms with Crippen molar-refractivity contribution in [3.63, 3.8) is 0 Å². The summed E-state index contributed by atoms with van der Waals surface area (Å²) < 4.78 is 0. The van der Waals surface area contributed by atoms with E-state index in [1.54, 1.807) is 12.1 Å². The summed E-state index contributed by atoms with van der Waals surface area (Å²) >= 11 is 0. The fourth-order valence-electron chi connectivity index (χ4n) is 1.24. The van der Waals surface area contributed by atoms with Crippen LogP contribution in [0.25, 0.3) is 0 Å². The van der Waals surface area contributed by atoms with Crippen LogP contribution in [0.3, 0.4) is 0 Å². The van der Waals surface area contributed by atoms with Gasteiger partial charge < -0.3 is 11.1 Å². The predicted octanol–water partition coefficient (Wildman–Crippen LogP) is 1.92. The molecule has 0 unspecified atom stereocenters. The fourth-order valence-corrected chi connectivity index (χ4v) is 1.24. The molecule has 3 nitrogen and oxygen atoms in total. The highest BCUT2D eigenvalue weighted by atomic mass is 16.1. The van der Waals surface area contributed by atoms with Crippen LogP contribution < -0.4 is 11.1 Å². The molecule has 0 aliphatic heterocycles. The summed E-state index contributed by atoms with van der Waals surface area (Å²) in [6.07, 6.45) is 0. The molecule has 3 N–H and O–H groups in total. The number of amides is 1. The second-order valence-corrected chi connectivity index (χ2v) is 5.14. The van der Waals surface area contributed by atoms with Crippen LogP contribution in [0.15, 0.2) is 24.3 Å². The van der Waals surface area contributed by atoms with Crippen molar-refractivity contribution in [3.8, 4) is 0 Å². The minimum Gasteiger partial charge on any atom is -0.352 e. The zero-order valence-electron chi connectivity index (χ0n) is 10.2. The lowest BCUT2D eigenvalue weighted by atomic mass is 9.97. The first kappa shape index (κ1) is 12.7. The van der Waals surface area contributed by atoms with Gasteiger partial charge in [-0.2, -0.15) is 0 Å². The van der Waals surface area contributed by atoms with Crippen LogP contribution in [0.5, 0.6) is 0 Å². The van der Waals surface area contributed by atoms with Crippen LogP contribution in [0, 0.1) is 5.41 Å². The topological polar surface area (TPSA) is 55.1 Å². The van der Waals surface area contributed by atoms with Crippen molar-refractivity contribution in [3.05, 3.63) is 35.4 Å². The van der Waals surface area contributed by atoms with Crippen molar-refractivity contribution >= 4 is 5.91 Å². The average molecular weight is 220 g/mol. The molecule has 0 radical (unpaired) electrons. The van der Waals surface area contributed by atoms with Gasteiger partial charge >= 0.3 is 0 Å². The first-order chi connectivity index (χ1) is 7.42. The van der Waals surface area contributed by atoms with E-state index in [0.29, 0.717) is 18.7 Å². The van der Waals surface area contributed by atoms with Crippen molar-refractivity contribution in [1.82, 2.24) is 5.32 Å². The molecule has 16 heavy (non-hydrogen) atoms. The van der Waals surface area contributed by atoms with Crippen LogP contribution in [-0.4, -0.2) is 12.5 Å². The lowest BCUT2D eigenvalue weighted by Gasteiger charge is -2.18. The van der Waals surface area contributed by atoms with Crippen LogP contribution in [0.4, 0.5) is 0 Å². The highest BCUT2D eigenvalue weighted by Gasteiger charge is 2.12. The van der Waals surface area contributed by atoms with E-state index in [2.05, 4.69) is 26.1 Å². The Kier molecular flexibility index (Phi) is 4.07. The van der Waals surface area contributed by atoms with Crippen molar-refractivity contribution < 1.29 is 4.79 Å². The summed E-state index contributed by atoms with van der Waals surface area (Å²) in [7, 11) is 0. The highest BCUT2D eigenvalue weighted by molar-refractivity contribution is 5.94. The Morgan fingerprint density at radius 3 is 2.25 bits per heavy atom. The maximum absolute atomic E-state index is 11.7. The summed E-state index contributed by atoms with van der Waals surface area (Å²) in [4.78, 5) is 11.7. The van der Waals surface area contributed by atoms with Gasteiger partial charge in [0.25, 0.3) is 5.91 Å². The van der Waals surface area contributed by atoms with Gasteiger partial charge in [-0.05, 0) is 23.1 Å². The molecule has 0 saturated carbocycles. The summed E-state index contributed by atoms with van der Waals surface area (Å²) in [5.41, 5.74) is 7.31. The molecule has 1 amide bonds. The third-order valence-electron chi connectivity index (χ3n) is 2.23. The van der Waals surface area contributed by atoms with Gasteiger partial charge in [-0.1, -0.05) is 32.9 Å². The largest absolute Gasteiger partial charge is 0.352 e. The van der Waals surface area contributed by atoms with E-state index in [1.807, 2.05) is 12.1 Å². The molecule has 0 fully saturated rings. The molecular weight excluding hydrogens is 200 g/mol. The molecule has 1 aromatic carbocycles. The number of carbonyl (C=O) groups is 1. The van der Waals surface area contributed by atoms with Crippen molar-refractivity contribution in [2.75, 3.05) is 6.54 Å². The minimum atomic E-state index is -0.0292. The first-order valence-corrected chi connectivity index (χ1v) is 5.49. The van der Waals surface area contributed by atoms with Crippen molar-refractivity contribution in [2.45, 2.75) is 27.3 Å². The van der Waals surface area contributed by atoms with E-state index in [-0.39, 0.29) is 11.3 Å². The Morgan fingerprint density at radius 1 is 1.25 bits per heavy atom. The van der Waals surface area contributed by atoms with Gasteiger partial charge in [0.05, 0.1) is 0 Å². The summed E-state index contributed by atoms with van der Waals surface area (Å²) in [6, 6.07) is 7.37. The quantitative estimate of drug-likeness (QED) is 0.817. The SMILES string of the molecule is CC(C)(C)CNC(=O)c1ccc(CN)cc1. The summed E-state index contributed by atoms with van der Waals surface area (Å²) in [5.74, 6) is -0.0292. The number of hydrogen-bond acceptors (Lipinski definition) is 2. The number of hydrogen-bond donors (Lipinski definition) is 2. The number of benzene rings is 1. The number of rotatable bonds is 3. The van der Waals surface area contributed by atoms with Gasteiger partial charge in [0.15, 0.2) is 0 Å². The van der Waals surface area contributed by atoms with Gasteiger partial charge in [-0.15, -0.1) is 0 Å². The van der Waals surface area contributed by atoms with Gasteiger partial charge in [-0.25, -0.2) is 0 Å². The van der Waals surface area contributed by atoms with Gasteiger partial charge in [0, 0.05) is 18.7 Å². The average Bonchev–Trinajstić information content (AvgIpc) is 2.25. The van der Waals surface area contributed by atoms with E-state index in [0.717, 1.165) is 5.56 Å². The molecule has 0 bridgehead atoms. The molecule has 0 aliphatic rings. The standard InChI is InChI=1S/C13H20N2O/c1-13(2,3)9-15-12(16)11-6-4-10(8-14)5-7-11/h4-7H,8-9,14H2,1-3H3,(H,15,16). The molecule has 3 heteroatoms. The molecule has 0 spiro atoms. The van der Waals surface area contributed by atoms with E-state index in [9.17, 15) is 4.79 Å². The lowest BCUT2D eigenvalue weighted by molar-refractivity contribution is 0.0939. The zero-order chi connectivity index (χ0) is 12.2. The maximum atomic E-state index is 11.7. The minimum absolute atomic E-state index is 0.0292. The van der Waals surface area contributed by atoms with Gasteiger partial charge in [-0.3, -0.25) is 4.79 Å². The molecule has 1 rings (SSSR count). The second kappa shape index (κ2) is 5.12. The molecule has 88 valence electrons. The number of nitrogens with one attached hydrogen (secondary N) is 1. The fraction of sp³-hybridized carbons (Fsp3) is 0.462. The van der Waals surface area contributed by atoms with Crippen LogP contribution in [0.2, 0.25) is 0 Å². The Balaban J connectivity index is 2.59. The Labute approximate surface area is 97.0 Å². The molecule has 0 atom stereocenters. The molecule has 0 aliphatic carbocycles. The monoisotopic (exact) mass is 220 g/mol. The molecule has 1 aromatic rings. The molecule has 0 saturated heterocycles. The Bertz CT molecular complexity index is 349. The molecule has 0 aromatic heterocycles. The Hall–Kier alpha value is -1.35. The smallest absolute Gasteiger partial charge is 0.251 e. The zero-order valence-corrected chi connectivity index (χ0v) is 10.2. The predicted molar refractivity (Wildman–Crippen MR) is 66.1 cm³/mol. The number of nitrogens with two attached hydrogens (primary N) is 1. The van der Waals surface area contributed by atoms with E-state index in [4.69, 9.17) is 5.73 Å². The van der Waals surface area contributed by atoms with E-state index in [1.165, 1.54) is 0 Å². The highest BCUT2D eigenvalue weighted by Crippen LogP contribution is 2.11. The van der Waals surface area contributed by atoms with Crippen LogP contribution >= 0.6 is 0 Å². The summed E-state index contributed by atoms with van der Waals surface area (Å²) in [6.45, 7) is 7.44. The van der Waals surface area contributed by atoms with Crippen LogP contribution in [-0.2, 0) is 6.54 Å². The third kappa shape index (κ3) is 4.03. The maximum Gasteiger partial charge on any atom is 0.251 e. The van der Waals surface area contributed by atoms with E-state index < -0.39 is 0 Å². The first-order valence-electron chi connectivity index (χ1n) is 5.49.